The number of nitrogens with zero attached hydrogens (tertiary/aromatic N) is 1. The van der Waals surface area contributed by atoms with Gasteiger partial charge in [0.2, 0.25) is 5.91 Å². The van der Waals surface area contributed by atoms with E-state index in [0.717, 1.165) is 70.2 Å². The van der Waals surface area contributed by atoms with Gasteiger partial charge in [0.1, 0.15) is 11.9 Å². The van der Waals surface area contributed by atoms with Gasteiger partial charge in [0, 0.05) is 38.4 Å². The van der Waals surface area contributed by atoms with Crippen LogP contribution in [0.3, 0.4) is 0 Å². The Balaban J connectivity index is 1.19. The van der Waals surface area contributed by atoms with Gasteiger partial charge in [-0.05, 0) is 71.8 Å². The number of ketones is 1. The molecule has 4 heterocycles. The minimum Gasteiger partial charge on any atom is -0.442 e. The molecule has 0 unspecified atom stereocenters. The first-order valence-electron chi connectivity index (χ1n) is 15.8. The Bertz CT molecular complexity index is 1040. The van der Waals surface area contributed by atoms with Crippen LogP contribution in [0.1, 0.15) is 86.0 Å². The summed E-state index contributed by atoms with van der Waals surface area (Å²) in [6.07, 6.45) is 15.3. The van der Waals surface area contributed by atoms with Crippen LogP contribution in [-0.2, 0) is 28.5 Å². The number of piperidine rings is 1. The molecule has 2 amide bonds. The van der Waals surface area contributed by atoms with E-state index in [1.54, 1.807) is 24.8 Å². The summed E-state index contributed by atoms with van der Waals surface area (Å²) in [4.78, 5) is 38.2. The number of rotatable bonds is 10. The molecule has 9 heteroatoms. The van der Waals surface area contributed by atoms with Gasteiger partial charge in [0.05, 0.1) is 42.7 Å². The van der Waals surface area contributed by atoms with Crippen LogP contribution >= 0.6 is 0 Å². The molecule has 0 aromatic heterocycles. The van der Waals surface area contributed by atoms with E-state index < -0.39 is 6.10 Å². The molecule has 0 aromatic rings. The maximum absolute atomic E-state index is 12.6. The van der Waals surface area contributed by atoms with Crippen molar-refractivity contribution in [1.82, 2.24) is 10.2 Å². The van der Waals surface area contributed by atoms with Crippen molar-refractivity contribution in [2.75, 3.05) is 19.7 Å². The number of likely N-dealkylation sites (tertiary alicyclic amines) is 1. The summed E-state index contributed by atoms with van der Waals surface area (Å²) < 4.78 is 23.7. The highest BCUT2D eigenvalue weighted by molar-refractivity contribution is 5.87. The number of ether oxygens (including phenoxy) is 4. The summed E-state index contributed by atoms with van der Waals surface area (Å²) in [6, 6.07) is -0.0899. The summed E-state index contributed by atoms with van der Waals surface area (Å²) in [5.41, 5.74) is 1.03. The highest BCUT2D eigenvalue weighted by Gasteiger charge is 2.51. The molecule has 4 aliphatic rings. The quantitative estimate of drug-likeness (QED) is 0.217. The Labute approximate surface area is 251 Å². The number of hydrogen-bond donors (Lipinski definition) is 1. The number of carbonyl (C=O) groups excluding carboxylic acids is 3. The van der Waals surface area contributed by atoms with Crippen molar-refractivity contribution in [3.8, 4) is 0 Å². The molecule has 234 valence electrons. The van der Waals surface area contributed by atoms with Crippen LogP contribution in [0.25, 0.3) is 0 Å². The van der Waals surface area contributed by atoms with Crippen molar-refractivity contribution in [1.29, 1.82) is 0 Å². The lowest BCUT2D eigenvalue weighted by molar-refractivity contribution is -0.124. The van der Waals surface area contributed by atoms with Crippen LogP contribution in [0.4, 0.5) is 4.79 Å². The smallest absolute Gasteiger partial charge is 0.410 e. The molecular formula is C33H50N2O7. The second kappa shape index (κ2) is 14.8. The third-order valence-electron chi connectivity index (χ3n) is 8.82. The number of amides is 2. The predicted octanol–water partition coefficient (Wildman–Crippen LogP) is 5.04. The average Bonchev–Trinajstić information content (AvgIpc) is 3.69. The van der Waals surface area contributed by atoms with Gasteiger partial charge in [-0.3, -0.25) is 9.59 Å². The number of epoxide rings is 1. The Hall–Kier alpha value is -2.49. The molecule has 8 atom stereocenters. The van der Waals surface area contributed by atoms with Crippen molar-refractivity contribution >= 4 is 17.8 Å². The Kier molecular flexibility index (Phi) is 11.4. The van der Waals surface area contributed by atoms with Crippen LogP contribution in [0.5, 0.6) is 0 Å². The molecule has 0 radical (unpaired) electrons. The fraction of sp³-hybridized carbons (Fsp3) is 0.727. The van der Waals surface area contributed by atoms with Crippen LogP contribution in [-0.4, -0.2) is 84.5 Å². The molecule has 0 aliphatic carbocycles. The van der Waals surface area contributed by atoms with E-state index in [2.05, 4.69) is 37.4 Å². The zero-order valence-electron chi connectivity index (χ0n) is 26.0. The predicted molar refractivity (Wildman–Crippen MR) is 160 cm³/mol. The van der Waals surface area contributed by atoms with Gasteiger partial charge in [0.25, 0.3) is 0 Å². The molecule has 1 N–H and O–H groups in total. The van der Waals surface area contributed by atoms with Crippen molar-refractivity contribution in [2.24, 2.45) is 5.92 Å². The molecule has 4 fully saturated rings. The Morgan fingerprint density at radius 2 is 1.81 bits per heavy atom. The number of nitrogens with one attached hydrogen (secondary N) is 1. The molecule has 1 spiro atoms. The lowest BCUT2D eigenvalue weighted by Gasteiger charge is -2.39. The summed E-state index contributed by atoms with van der Waals surface area (Å²) in [6.45, 7) is 11.8. The molecule has 0 saturated carbocycles. The van der Waals surface area contributed by atoms with Gasteiger partial charge in [0.15, 0.2) is 0 Å². The van der Waals surface area contributed by atoms with Crippen LogP contribution in [0, 0.1) is 5.92 Å². The first-order valence-corrected chi connectivity index (χ1v) is 15.8. The topological polar surface area (TPSA) is 107 Å². The van der Waals surface area contributed by atoms with E-state index in [9.17, 15) is 14.4 Å². The molecule has 0 bridgehead atoms. The van der Waals surface area contributed by atoms with Crippen molar-refractivity contribution < 1.29 is 33.3 Å². The summed E-state index contributed by atoms with van der Waals surface area (Å²) in [5.74, 6) is 0.205. The third-order valence-corrected chi connectivity index (χ3v) is 8.82. The van der Waals surface area contributed by atoms with E-state index in [4.69, 9.17) is 18.9 Å². The van der Waals surface area contributed by atoms with E-state index in [1.807, 2.05) is 6.92 Å². The number of hydrogen-bond acceptors (Lipinski definition) is 7. The molecule has 4 rings (SSSR count). The normalized spacial score (nSPS) is 34.5. The number of carbonyl (C=O) groups is 3. The SMILES string of the molecule is CC(=O)C[C@@H]1C[C@@]2(CO2)C[C@@H](/C=C/C(C)=C/C[C@@H]2O[C@H](C)[C@H](NC(=O)/C=C\[C@H](C)OC(=O)N3CCCCC3)C[C@@H]2C)O1. The monoisotopic (exact) mass is 586 g/mol. The first kappa shape index (κ1) is 32.4. The van der Waals surface area contributed by atoms with Crippen LogP contribution in [0.2, 0.25) is 0 Å². The van der Waals surface area contributed by atoms with E-state index >= 15 is 0 Å². The van der Waals surface area contributed by atoms with Gasteiger partial charge in [-0.1, -0.05) is 30.7 Å². The average molecular weight is 587 g/mol. The van der Waals surface area contributed by atoms with Gasteiger partial charge in [-0.2, -0.15) is 0 Å². The Morgan fingerprint density at radius 1 is 1.07 bits per heavy atom. The number of allylic oxidation sites excluding steroid dienone is 2. The van der Waals surface area contributed by atoms with Crippen molar-refractivity contribution in [3.05, 3.63) is 36.0 Å². The summed E-state index contributed by atoms with van der Waals surface area (Å²) >= 11 is 0. The van der Waals surface area contributed by atoms with Crippen LogP contribution in [0.15, 0.2) is 36.0 Å². The van der Waals surface area contributed by atoms with Gasteiger partial charge < -0.3 is 29.2 Å². The zero-order chi connectivity index (χ0) is 30.3. The van der Waals surface area contributed by atoms with Crippen molar-refractivity contribution in [2.45, 2.75) is 128 Å². The molecule has 4 saturated heterocycles. The van der Waals surface area contributed by atoms with Gasteiger partial charge in [-0.15, -0.1) is 0 Å². The molecule has 9 nitrogen and oxygen atoms in total. The summed E-state index contributed by atoms with van der Waals surface area (Å²) in [5, 5.41) is 3.07. The van der Waals surface area contributed by atoms with Gasteiger partial charge >= 0.3 is 6.09 Å². The zero-order valence-corrected chi connectivity index (χ0v) is 26.0. The maximum Gasteiger partial charge on any atom is 0.410 e. The standard InChI is InChI=1S/C33H50N2O7/c1-22(9-12-27-19-33(21-39-33)20-28(42-27)18-24(3)36)10-13-30-23(2)17-29(26(5)41-30)34-31(37)14-11-25(4)40-32(38)35-15-7-6-8-16-35/h9-12,14,23,25-30H,6-8,13,15-21H2,1-5H3,(H,34,37)/b12-9+,14-11-,22-10+/t23-,25-,26+,27+,28+,29+,30-,33+/m0/s1. The summed E-state index contributed by atoms with van der Waals surface area (Å²) in [7, 11) is 0. The number of Topliss-reactive ketones (excluding diaryl/α,β-unsaturated/α-hetero) is 1. The fourth-order valence-electron chi connectivity index (χ4n) is 6.25. The lowest BCUT2D eigenvalue weighted by Crippen LogP contribution is -2.50. The van der Waals surface area contributed by atoms with Crippen molar-refractivity contribution in [3.63, 3.8) is 0 Å². The fourth-order valence-corrected chi connectivity index (χ4v) is 6.25. The van der Waals surface area contributed by atoms with Crippen LogP contribution < -0.4 is 5.32 Å². The largest absolute Gasteiger partial charge is 0.442 e. The highest BCUT2D eigenvalue weighted by Crippen LogP contribution is 2.43. The molecule has 0 aromatic carbocycles. The van der Waals surface area contributed by atoms with E-state index in [-0.39, 0.29) is 59.8 Å². The third kappa shape index (κ3) is 9.78. The van der Waals surface area contributed by atoms with Gasteiger partial charge in [-0.25, -0.2) is 4.79 Å². The van der Waals surface area contributed by atoms with E-state index in [1.165, 1.54) is 6.08 Å². The molecular weight excluding hydrogens is 536 g/mol. The minimum atomic E-state index is -0.479. The first-order chi connectivity index (χ1) is 20.0. The Morgan fingerprint density at radius 3 is 2.50 bits per heavy atom. The second-order valence-corrected chi connectivity index (χ2v) is 12.8. The maximum atomic E-state index is 12.6. The minimum absolute atomic E-state index is 0.0537. The second-order valence-electron chi connectivity index (χ2n) is 12.8. The molecule has 42 heavy (non-hydrogen) atoms. The molecule has 4 aliphatic heterocycles. The highest BCUT2D eigenvalue weighted by atomic mass is 16.6. The lowest BCUT2D eigenvalue weighted by atomic mass is 9.88. The van der Waals surface area contributed by atoms with E-state index in [0.29, 0.717) is 6.42 Å².